The van der Waals surface area contributed by atoms with Gasteiger partial charge in [0, 0.05) is 24.3 Å². The van der Waals surface area contributed by atoms with Crippen molar-refractivity contribution >= 4 is 45.5 Å². The highest BCUT2D eigenvalue weighted by Crippen LogP contribution is 2.47. The largest absolute Gasteiger partial charge is 0.459 e. The number of Topliss-reactive ketones (excluding diaryl/α,β-unsaturated/α-hetero) is 1. The van der Waals surface area contributed by atoms with Gasteiger partial charge < -0.3 is 9.47 Å². The van der Waals surface area contributed by atoms with Crippen LogP contribution in [-0.4, -0.2) is 41.3 Å². The number of hydrogen-bond acceptors (Lipinski definition) is 6. The van der Waals surface area contributed by atoms with Gasteiger partial charge in [-0.25, -0.2) is 4.79 Å². The van der Waals surface area contributed by atoms with Gasteiger partial charge in [0.2, 0.25) is 5.78 Å². The molecule has 40 heavy (non-hydrogen) atoms. The number of carbonyl (C=O) groups excluding carboxylic acids is 2. The third kappa shape index (κ3) is 5.39. The molecule has 0 aliphatic carbocycles. The number of rotatable bonds is 9. The van der Waals surface area contributed by atoms with Crippen LogP contribution in [0.2, 0.25) is 0 Å². The van der Waals surface area contributed by atoms with E-state index in [9.17, 15) is 19.7 Å². The minimum Gasteiger partial charge on any atom is -0.459 e. The number of ketones is 1. The SMILES string of the molecule is O=C(OCC1CCCO1)C(C(=O)c1ccc([N+](=O)[O-])cc1)=P(c1ccccc1)(c1ccccc1)c1ccccc1. The van der Waals surface area contributed by atoms with Crippen molar-refractivity contribution in [1.29, 1.82) is 0 Å². The second-order valence-electron chi connectivity index (χ2n) is 9.39. The van der Waals surface area contributed by atoms with Crippen molar-refractivity contribution in [3.05, 3.63) is 131 Å². The fourth-order valence-corrected chi connectivity index (χ4v) is 9.35. The van der Waals surface area contributed by atoms with Gasteiger partial charge in [-0.05, 0) is 47.8 Å². The van der Waals surface area contributed by atoms with E-state index in [2.05, 4.69) is 0 Å². The quantitative estimate of drug-likeness (QED) is 0.0747. The van der Waals surface area contributed by atoms with E-state index in [4.69, 9.17) is 9.47 Å². The lowest BCUT2D eigenvalue weighted by Gasteiger charge is -2.31. The fourth-order valence-electron chi connectivity index (χ4n) is 5.06. The molecule has 7 nitrogen and oxygen atoms in total. The lowest BCUT2D eigenvalue weighted by Crippen LogP contribution is -2.39. The highest BCUT2D eigenvalue weighted by atomic mass is 31.2. The molecule has 0 aromatic heterocycles. The number of non-ortho nitro benzene ring substituents is 1. The van der Waals surface area contributed by atoms with Crippen LogP contribution in [0.4, 0.5) is 5.69 Å². The van der Waals surface area contributed by atoms with Crippen molar-refractivity contribution in [1.82, 2.24) is 0 Å². The van der Waals surface area contributed by atoms with Gasteiger partial charge in [0.25, 0.3) is 5.69 Å². The summed E-state index contributed by atoms with van der Waals surface area (Å²) in [6.07, 6.45) is 1.43. The second kappa shape index (κ2) is 12.2. The van der Waals surface area contributed by atoms with Crippen LogP contribution in [0.25, 0.3) is 0 Å². The fraction of sp³-hybridized carbons (Fsp3) is 0.156. The molecule has 0 saturated carbocycles. The van der Waals surface area contributed by atoms with Gasteiger partial charge in [0.05, 0.1) is 11.0 Å². The van der Waals surface area contributed by atoms with Crippen LogP contribution in [0.5, 0.6) is 0 Å². The van der Waals surface area contributed by atoms with Crippen LogP contribution in [0.3, 0.4) is 0 Å². The van der Waals surface area contributed by atoms with Crippen molar-refractivity contribution in [3.8, 4) is 0 Å². The molecular weight excluding hydrogens is 525 g/mol. The number of nitro groups is 1. The molecule has 0 N–H and O–H groups in total. The molecule has 1 heterocycles. The number of nitrogens with zero attached hydrogens (tertiary/aromatic N) is 1. The van der Waals surface area contributed by atoms with Gasteiger partial charge in [-0.15, -0.1) is 0 Å². The number of nitro benzene ring substituents is 1. The Hall–Kier alpha value is -4.32. The average molecular weight is 554 g/mol. The maximum absolute atomic E-state index is 14.5. The van der Waals surface area contributed by atoms with Crippen LogP contribution >= 0.6 is 6.89 Å². The Balaban J connectivity index is 1.84. The van der Waals surface area contributed by atoms with Crippen LogP contribution in [0, 0.1) is 10.1 Å². The van der Waals surface area contributed by atoms with Gasteiger partial charge in [-0.1, -0.05) is 91.0 Å². The van der Waals surface area contributed by atoms with E-state index < -0.39 is 23.6 Å². The average Bonchev–Trinajstić information content (AvgIpc) is 3.54. The third-order valence-electron chi connectivity index (χ3n) is 6.94. The Morgan fingerprint density at radius 1 is 0.800 bits per heavy atom. The molecule has 8 heteroatoms. The van der Waals surface area contributed by atoms with Crippen LogP contribution in [-0.2, 0) is 14.3 Å². The Morgan fingerprint density at radius 2 is 1.30 bits per heavy atom. The number of esters is 1. The molecule has 1 fully saturated rings. The van der Waals surface area contributed by atoms with E-state index in [1.165, 1.54) is 24.3 Å². The van der Waals surface area contributed by atoms with Gasteiger partial charge in [-0.2, -0.15) is 0 Å². The molecule has 0 spiro atoms. The zero-order chi connectivity index (χ0) is 28.0. The van der Waals surface area contributed by atoms with E-state index in [1.807, 2.05) is 91.0 Å². The predicted molar refractivity (Wildman–Crippen MR) is 158 cm³/mol. The van der Waals surface area contributed by atoms with E-state index in [-0.39, 0.29) is 29.3 Å². The van der Waals surface area contributed by atoms with E-state index in [1.54, 1.807) is 0 Å². The van der Waals surface area contributed by atoms with E-state index in [0.717, 1.165) is 28.8 Å². The molecule has 1 saturated heterocycles. The van der Waals surface area contributed by atoms with Crippen molar-refractivity contribution in [2.24, 2.45) is 0 Å². The Bertz CT molecular complexity index is 1440. The van der Waals surface area contributed by atoms with Crippen molar-refractivity contribution < 1.29 is 24.0 Å². The molecule has 4 aromatic rings. The lowest BCUT2D eigenvalue weighted by atomic mass is 10.1. The van der Waals surface area contributed by atoms with Gasteiger partial charge in [0.1, 0.15) is 11.9 Å². The number of hydrogen-bond donors (Lipinski definition) is 0. The summed E-state index contributed by atoms with van der Waals surface area (Å²) in [5.41, 5.74) is 0.0242. The molecule has 4 aromatic carbocycles. The minimum absolute atomic E-state index is 0.00273. The molecule has 0 amide bonds. The standard InChI is InChI=1S/C32H28NO6P/c34-30(24-18-20-25(21-19-24)33(36)37)31(32(35)39-23-26-11-10-22-38-26)40(27-12-4-1-5-13-27,28-14-6-2-7-15-28)29-16-8-3-9-17-29/h1-9,12-21,26H,10-11,22-23H2. The number of benzene rings is 4. The molecule has 0 radical (unpaired) electrons. The number of carbonyl (C=O) groups is 2. The summed E-state index contributed by atoms with van der Waals surface area (Å²) >= 11 is 0. The summed E-state index contributed by atoms with van der Waals surface area (Å²) in [5.74, 6) is -1.25. The first-order chi connectivity index (χ1) is 19.5. The van der Waals surface area contributed by atoms with Gasteiger partial charge in [0.15, 0.2) is 0 Å². The molecule has 5 rings (SSSR count). The first kappa shape index (κ1) is 27.3. The predicted octanol–water partition coefficient (Wildman–Crippen LogP) is 4.67. The third-order valence-corrected chi connectivity index (χ3v) is 11.2. The van der Waals surface area contributed by atoms with Crippen LogP contribution in [0.1, 0.15) is 23.2 Å². The maximum atomic E-state index is 14.5. The normalized spacial score (nSPS) is 14.8. The van der Waals surface area contributed by atoms with Crippen molar-refractivity contribution in [2.45, 2.75) is 18.9 Å². The molecule has 1 aliphatic rings. The smallest absolute Gasteiger partial charge is 0.343 e. The summed E-state index contributed by atoms with van der Waals surface area (Å²) in [5, 5.41) is 13.7. The highest BCUT2D eigenvalue weighted by molar-refractivity contribution is 7.97. The zero-order valence-electron chi connectivity index (χ0n) is 21.7. The summed E-state index contributed by atoms with van der Waals surface area (Å²) in [7, 11) is 0. The molecular formula is C32H28NO6P. The van der Waals surface area contributed by atoms with Gasteiger partial charge >= 0.3 is 5.97 Å². The second-order valence-corrected chi connectivity index (χ2v) is 12.7. The molecule has 202 valence electrons. The summed E-state index contributed by atoms with van der Waals surface area (Å²) in [6.45, 7) is -2.47. The zero-order valence-corrected chi connectivity index (χ0v) is 22.6. The molecule has 1 atom stereocenters. The molecule has 0 bridgehead atoms. The minimum atomic E-state index is -3.12. The van der Waals surface area contributed by atoms with E-state index in [0.29, 0.717) is 6.61 Å². The molecule has 1 aliphatic heterocycles. The van der Waals surface area contributed by atoms with E-state index >= 15 is 0 Å². The maximum Gasteiger partial charge on any atom is 0.343 e. The summed E-state index contributed by atoms with van der Waals surface area (Å²) < 4.78 is 11.5. The molecule has 1 unspecified atom stereocenters. The Labute approximate surface area is 232 Å². The van der Waals surface area contributed by atoms with Crippen LogP contribution < -0.4 is 15.9 Å². The number of ether oxygens (including phenoxy) is 2. The summed E-state index contributed by atoms with van der Waals surface area (Å²) in [4.78, 5) is 39.5. The Morgan fingerprint density at radius 3 is 1.73 bits per heavy atom. The first-order valence-electron chi connectivity index (χ1n) is 13.0. The first-order valence-corrected chi connectivity index (χ1v) is 14.8. The van der Waals surface area contributed by atoms with Crippen molar-refractivity contribution in [2.75, 3.05) is 13.2 Å². The lowest BCUT2D eigenvalue weighted by molar-refractivity contribution is -0.384. The highest BCUT2D eigenvalue weighted by Gasteiger charge is 2.38. The van der Waals surface area contributed by atoms with Gasteiger partial charge in [-0.3, -0.25) is 14.9 Å². The monoisotopic (exact) mass is 553 g/mol. The van der Waals surface area contributed by atoms with Crippen molar-refractivity contribution in [3.63, 3.8) is 0 Å². The van der Waals surface area contributed by atoms with Crippen LogP contribution in [0.15, 0.2) is 115 Å². The Kier molecular flexibility index (Phi) is 8.34. The topological polar surface area (TPSA) is 95.7 Å². The summed E-state index contributed by atoms with van der Waals surface area (Å²) in [6, 6.07) is 34.0.